The molecular formula is C23H23N9O2. The SMILES string of the molecule is CC#CCn1c(N2CCCC(N)C2)nc2c1c(=O)n(Cc1ncccc1C#N)c(=O)n2CC#N. The fourth-order valence-corrected chi connectivity index (χ4v) is 4.19. The zero-order valence-corrected chi connectivity index (χ0v) is 18.7. The van der Waals surface area contributed by atoms with E-state index in [-0.39, 0.29) is 48.1 Å². The number of nitrogens with zero attached hydrogens (tertiary/aromatic N) is 8. The summed E-state index contributed by atoms with van der Waals surface area (Å²) in [4.78, 5) is 37.8. The summed E-state index contributed by atoms with van der Waals surface area (Å²) >= 11 is 0. The van der Waals surface area contributed by atoms with Gasteiger partial charge < -0.3 is 10.6 Å². The molecule has 0 saturated carbocycles. The molecule has 1 atom stereocenters. The van der Waals surface area contributed by atoms with Crippen LogP contribution < -0.4 is 21.9 Å². The monoisotopic (exact) mass is 457 g/mol. The quantitative estimate of drug-likeness (QED) is 0.532. The molecule has 11 heteroatoms. The van der Waals surface area contributed by atoms with Crippen LogP contribution in [0.3, 0.4) is 0 Å². The zero-order valence-electron chi connectivity index (χ0n) is 18.7. The van der Waals surface area contributed by atoms with Gasteiger partial charge in [0.05, 0.1) is 30.4 Å². The number of hydrogen-bond acceptors (Lipinski definition) is 8. The Morgan fingerprint density at radius 1 is 1.21 bits per heavy atom. The lowest BCUT2D eigenvalue weighted by atomic mass is 10.1. The number of piperidine rings is 1. The molecule has 1 aliphatic rings. The lowest BCUT2D eigenvalue weighted by molar-refractivity contribution is 0.496. The minimum absolute atomic E-state index is 0.0363. The predicted octanol–water partition coefficient (Wildman–Crippen LogP) is 0.149. The summed E-state index contributed by atoms with van der Waals surface area (Å²) in [7, 11) is 0. The van der Waals surface area contributed by atoms with Crippen LogP contribution in [0.2, 0.25) is 0 Å². The number of nitriles is 2. The first-order valence-electron chi connectivity index (χ1n) is 10.8. The van der Waals surface area contributed by atoms with Gasteiger partial charge in [0.2, 0.25) is 5.95 Å². The topological polar surface area (TPSA) is 152 Å². The van der Waals surface area contributed by atoms with Gasteiger partial charge in [-0.2, -0.15) is 15.5 Å². The minimum Gasteiger partial charge on any atom is -0.341 e. The van der Waals surface area contributed by atoms with Crippen molar-refractivity contribution in [2.75, 3.05) is 18.0 Å². The van der Waals surface area contributed by atoms with Crippen molar-refractivity contribution in [1.29, 1.82) is 10.5 Å². The summed E-state index contributed by atoms with van der Waals surface area (Å²) in [5.74, 6) is 6.30. The summed E-state index contributed by atoms with van der Waals surface area (Å²) in [5, 5.41) is 18.8. The third-order valence-electron chi connectivity index (χ3n) is 5.80. The van der Waals surface area contributed by atoms with E-state index >= 15 is 0 Å². The highest BCUT2D eigenvalue weighted by atomic mass is 16.2. The van der Waals surface area contributed by atoms with E-state index in [0.717, 1.165) is 17.4 Å². The first-order valence-corrected chi connectivity index (χ1v) is 10.8. The fraction of sp³-hybridized carbons (Fsp3) is 0.391. The zero-order chi connectivity index (χ0) is 24.2. The van der Waals surface area contributed by atoms with E-state index in [2.05, 4.69) is 21.8 Å². The van der Waals surface area contributed by atoms with Crippen molar-refractivity contribution in [2.24, 2.45) is 5.73 Å². The molecule has 1 fully saturated rings. The van der Waals surface area contributed by atoms with Crippen molar-refractivity contribution in [3.8, 4) is 24.0 Å². The van der Waals surface area contributed by atoms with Gasteiger partial charge in [-0.15, -0.1) is 5.92 Å². The second-order valence-electron chi connectivity index (χ2n) is 7.97. The molecule has 172 valence electrons. The highest BCUT2D eigenvalue weighted by molar-refractivity contribution is 5.75. The number of imidazole rings is 1. The number of aromatic nitrogens is 5. The summed E-state index contributed by atoms with van der Waals surface area (Å²) in [6, 6.07) is 7.15. The van der Waals surface area contributed by atoms with E-state index < -0.39 is 11.2 Å². The summed E-state index contributed by atoms with van der Waals surface area (Å²) in [6.45, 7) is 2.63. The molecule has 11 nitrogen and oxygen atoms in total. The molecule has 0 spiro atoms. The smallest absolute Gasteiger partial charge is 0.334 e. The predicted molar refractivity (Wildman–Crippen MR) is 125 cm³/mol. The number of hydrogen-bond donors (Lipinski definition) is 1. The van der Waals surface area contributed by atoms with Crippen LogP contribution in [0.1, 0.15) is 31.0 Å². The van der Waals surface area contributed by atoms with Crippen molar-refractivity contribution in [3.05, 3.63) is 50.4 Å². The summed E-state index contributed by atoms with van der Waals surface area (Å²) < 4.78 is 3.85. The molecule has 3 aromatic heterocycles. The molecule has 0 radical (unpaired) electrons. The van der Waals surface area contributed by atoms with Crippen molar-refractivity contribution in [1.82, 2.24) is 23.7 Å². The van der Waals surface area contributed by atoms with Crippen molar-refractivity contribution < 1.29 is 0 Å². The van der Waals surface area contributed by atoms with Crippen molar-refractivity contribution in [2.45, 2.75) is 45.4 Å². The average molecular weight is 457 g/mol. The fourth-order valence-electron chi connectivity index (χ4n) is 4.19. The molecule has 2 N–H and O–H groups in total. The van der Waals surface area contributed by atoms with E-state index in [4.69, 9.17) is 5.73 Å². The van der Waals surface area contributed by atoms with Crippen molar-refractivity contribution in [3.63, 3.8) is 0 Å². The lowest BCUT2D eigenvalue weighted by Crippen LogP contribution is -2.44. The number of rotatable bonds is 5. The highest BCUT2D eigenvalue weighted by Gasteiger charge is 2.27. The van der Waals surface area contributed by atoms with Crippen LogP contribution in [0.5, 0.6) is 0 Å². The molecule has 34 heavy (non-hydrogen) atoms. The molecular weight excluding hydrogens is 434 g/mol. The van der Waals surface area contributed by atoms with Crippen LogP contribution in [0.15, 0.2) is 27.9 Å². The third kappa shape index (κ3) is 4.03. The first kappa shape index (κ1) is 22.8. The average Bonchev–Trinajstić information content (AvgIpc) is 3.22. The van der Waals surface area contributed by atoms with E-state index in [1.165, 1.54) is 10.8 Å². The second kappa shape index (κ2) is 9.62. The van der Waals surface area contributed by atoms with Crippen molar-refractivity contribution >= 4 is 17.1 Å². The van der Waals surface area contributed by atoms with E-state index in [1.807, 2.05) is 17.0 Å². The Morgan fingerprint density at radius 2 is 2.03 bits per heavy atom. The molecule has 4 rings (SSSR count). The van der Waals surface area contributed by atoms with Crippen LogP contribution >= 0.6 is 0 Å². The number of fused-ring (bicyclic) bond motifs is 1. The molecule has 4 heterocycles. The largest absolute Gasteiger partial charge is 0.341 e. The Morgan fingerprint density at radius 3 is 2.74 bits per heavy atom. The molecule has 0 aromatic carbocycles. The first-order chi connectivity index (χ1) is 16.5. The van der Waals surface area contributed by atoms with Gasteiger partial charge in [-0.25, -0.2) is 4.79 Å². The number of pyridine rings is 1. The maximum absolute atomic E-state index is 13.7. The van der Waals surface area contributed by atoms with Gasteiger partial charge in [0.25, 0.3) is 5.56 Å². The highest BCUT2D eigenvalue weighted by Crippen LogP contribution is 2.23. The summed E-state index contributed by atoms with van der Waals surface area (Å²) in [6.07, 6.45) is 3.25. The van der Waals surface area contributed by atoms with Gasteiger partial charge in [-0.05, 0) is 31.9 Å². The van der Waals surface area contributed by atoms with Gasteiger partial charge in [-0.1, -0.05) is 5.92 Å². The van der Waals surface area contributed by atoms with E-state index in [0.29, 0.717) is 19.0 Å². The van der Waals surface area contributed by atoms with Crippen LogP contribution in [0.25, 0.3) is 11.2 Å². The van der Waals surface area contributed by atoms with E-state index in [9.17, 15) is 20.1 Å². The minimum atomic E-state index is -0.693. The summed E-state index contributed by atoms with van der Waals surface area (Å²) in [5.41, 5.74) is 5.74. The van der Waals surface area contributed by atoms with E-state index in [1.54, 1.807) is 23.6 Å². The maximum atomic E-state index is 13.7. The van der Waals surface area contributed by atoms with Crippen LogP contribution in [0, 0.1) is 34.5 Å². The molecule has 0 bridgehead atoms. The Bertz CT molecular complexity index is 1500. The van der Waals surface area contributed by atoms with Gasteiger partial charge in [0, 0.05) is 25.3 Å². The van der Waals surface area contributed by atoms with Crippen LogP contribution in [-0.4, -0.2) is 42.8 Å². The molecule has 1 aliphatic heterocycles. The number of nitrogens with two attached hydrogens (primary N) is 1. The molecule has 0 amide bonds. The van der Waals surface area contributed by atoms with Gasteiger partial charge in [-0.3, -0.25) is 23.5 Å². The Labute approximate surface area is 195 Å². The maximum Gasteiger partial charge on any atom is 0.334 e. The molecule has 3 aromatic rings. The van der Waals surface area contributed by atoms with Gasteiger partial charge in [0.1, 0.15) is 12.6 Å². The van der Waals surface area contributed by atoms with Gasteiger partial charge >= 0.3 is 5.69 Å². The normalized spacial score (nSPS) is 15.4. The molecule has 1 unspecified atom stereocenters. The Hall–Kier alpha value is -4.40. The number of anilines is 1. The Balaban J connectivity index is 2.00. The standard InChI is InChI=1S/C23H23N9O2/c1-2-3-11-30-19-20(28-22(30)29-10-5-7-17(26)14-29)31(12-8-24)23(34)32(21(19)33)15-18-16(13-25)6-4-9-27-18/h4,6,9,17H,5,7,10-12,14-15,26H2,1H3. The lowest BCUT2D eigenvalue weighted by Gasteiger charge is -2.31. The van der Waals surface area contributed by atoms with Gasteiger partial charge in [0.15, 0.2) is 11.2 Å². The second-order valence-corrected chi connectivity index (χ2v) is 7.97. The molecule has 0 aliphatic carbocycles. The Kier molecular flexibility index (Phi) is 6.44. The molecule has 1 saturated heterocycles. The van der Waals surface area contributed by atoms with Crippen LogP contribution in [0.4, 0.5) is 5.95 Å². The third-order valence-corrected chi connectivity index (χ3v) is 5.80. The van der Waals surface area contributed by atoms with Crippen LogP contribution in [-0.2, 0) is 19.6 Å².